The number of benzene rings is 8. The second kappa shape index (κ2) is 52.3. The molecule has 0 unspecified atom stereocenters. The number of nitro groups is 1. The Kier molecular flexibility index (Phi) is 47.5. The lowest BCUT2D eigenvalue weighted by Crippen LogP contribution is -2.17. The predicted octanol–water partition coefficient (Wildman–Crippen LogP) is 29.6. The number of allylic oxidation sites excluding steroid dienone is 8. The molecule has 8 rings (SSSR count). The molecule has 0 spiro atoms. The van der Waals surface area contributed by atoms with Gasteiger partial charge in [-0.3, -0.25) is 48.5 Å². The summed E-state index contributed by atoms with van der Waals surface area (Å²) in [6, 6.07) is 62.4. The highest BCUT2D eigenvalue weighted by Gasteiger charge is 2.24. The Labute approximate surface area is 745 Å². The molecule has 0 amide bonds. The van der Waals surface area contributed by atoms with E-state index in [1.165, 1.54) is 51.6 Å². The lowest BCUT2D eigenvalue weighted by molar-refractivity contribution is -0.385. The number of carbonyl (C=O) groups is 8. The van der Waals surface area contributed by atoms with Crippen LogP contribution in [-0.4, -0.2) is 51.2 Å². The van der Waals surface area contributed by atoms with Gasteiger partial charge in [-0.05, 0) is 159 Å². The van der Waals surface area contributed by atoms with E-state index < -0.39 is 10.3 Å². The van der Waals surface area contributed by atoms with Crippen molar-refractivity contribution in [3.05, 3.63) is 336 Å². The Morgan fingerprint density at radius 2 is 0.472 bits per heavy atom. The highest BCUT2D eigenvalue weighted by Crippen LogP contribution is 2.26. The Morgan fingerprint density at radius 1 is 0.252 bits per heavy atom. The molecule has 11 nitrogen and oxygen atoms in total. The lowest BCUT2D eigenvalue weighted by atomic mass is 9.90. The van der Waals surface area contributed by atoms with E-state index in [4.69, 9.17) is 11.6 Å². The summed E-state index contributed by atoms with van der Waals surface area (Å²) in [6.07, 6.45) is 27.5. The number of hydrogen-bond donors (Lipinski definition) is 0. The zero-order chi connectivity index (χ0) is 93.4. The molecule has 0 saturated heterocycles. The second-order valence-corrected chi connectivity index (χ2v) is 38.7. The third kappa shape index (κ3) is 48.8. The van der Waals surface area contributed by atoms with Crippen molar-refractivity contribution in [3.8, 4) is 0 Å². The van der Waals surface area contributed by atoms with Gasteiger partial charge in [-0.25, -0.2) is 0 Å². The third-order valence-electron chi connectivity index (χ3n) is 17.8. The van der Waals surface area contributed by atoms with Crippen molar-refractivity contribution in [2.24, 2.45) is 43.3 Å². The maximum atomic E-state index is 11.7. The number of ketones is 8. The number of nitro benzene ring substituents is 1. The highest BCUT2D eigenvalue weighted by molar-refractivity contribution is 6.32. The summed E-state index contributed by atoms with van der Waals surface area (Å²) in [4.78, 5) is 103. The van der Waals surface area contributed by atoms with Crippen molar-refractivity contribution in [3.63, 3.8) is 0 Å². The van der Waals surface area contributed by atoms with E-state index in [0.717, 1.165) is 38.9 Å². The summed E-state index contributed by atoms with van der Waals surface area (Å²) in [5.74, 6) is 0.979. The summed E-state index contributed by atoms with van der Waals surface area (Å²) in [7, 11) is 0. The Balaban J connectivity index is 0.00000138. The first-order valence-corrected chi connectivity index (χ1v) is 41.7. The Morgan fingerprint density at radius 3 is 0.724 bits per heavy atom. The molecule has 0 atom stereocenters. The van der Waals surface area contributed by atoms with Crippen molar-refractivity contribution in [2.45, 2.75) is 215 Å². The van der Waals surface area contributed by atoms with Crippen LogP contribution >= 0.6 is 11.6 Å². The van der Waals surface area contributed by atoms with Gasteiger partial charge >= 0.3 is 0 Å². The minimum absolute atomic E-state index is 0. The van der Waals surface area contributed by atoms with Crippen LogP contribution in [0.1, 0.15) is 251 Å². The fraction of sp³-hybridized carbons (Fsp3) is 0.351. The van der Waals surface area contributed by atoms with E-state index in [0.29, 0.717) is 10.6 Å². The van der Waals surface area contributed by atoms with Crippen LogP contribution in [0.3, 0.4) is 0 Å². The number of aryl methyl sites for hydroxylation is 6. The van der Waals surface area contributed by atoms with Gasteiger partial charge in [0, 0.05) is 54.4 Å². The van der Waals surface area contributed by atoms with Crippen LogP contribution in [0.4, 0.5) is 5.69 Å². The molecule has 0 aliphatic heterocycles. The van der Waals surface area contributed by atoms with Gasteiger partial charge in [0.1, 0.15) is 0 Å². The van der Waals surface area contributed by atoms with Crippen molar-refractivity contribution in [2.75, 3.05) is 0 Å². The first-order chi connectivity index (χ1) is 56.1. The van der Waals surface area contributed by atoms with Gasteiger partial charge in [-0.1, -0.05) is 425 Å². The van der Waals surface area contributed by atoms with Crippen molar-refractivity contribution in [1.29, 1.82) is 0 Å². The van der Waals surface area contributed by atoms with Crippen molar-refractivity contribution >= 4 is 112 Å². The van der Waals surface area contributed by atoms with Crippen LogP contribution in [-0.2, 0) is 38.4 Å². The molecule has 0 N–H and O–H groups in total. The molecular formula is C111H142ClNO10. The van der Waals surface area contributed by atoms with Gasteiger partial charge in [0.2, 0.25) is 0 Å². The van der Waals surface area contributed by atoms with E-state index in [1.807, 2.05) is 375 Å². The standard InChI is InChI=1S/6C14H18O.C13H15ClO.C13H15NO3.CH4/c2*1-11-5-7-12(8-6-11)9-10-13(15)14(2,3)4;3*1-11-6-5-7-12(10-11)8-9-13(15)14(2,3)4;1-11-7-5-6-8-12(11)9-10-13(15)14(2,3)4;1-13(2,3)12(15)9-8-10-6-4-5-7-11(10)14;1-13(2,3)12(15)9-8-10-6-4-5-7-11(10)14(16)17;/h6*5-10H,1-4H3;4-9H,1-3H3;4-9H,1-3H3;1H4. The summed E-state index contributed by atoms with van der Waals surface area (Å²) in [5.41, 5.74) is 12.5. The third-order valence-corrected chi connectivity index (χ3v) is 18.1. The predicted molar refractivity (Wildman–Crippen MR) is 526 cm³/mol. The van der Waals surface area contributed by atoms with Crippen molar-refractivity contribution < 1.29 is 43.3 Å². The first kappa shape index (κ1) is 112. The van der Waals surface area contributed by atoms with Gasteiger partial charge in [-0.15, -0.1) is 0 Å². The molecule has 0 fully saturated rings. The van der Waals surface area contributed by atoms with Gasteiger partial charge < -0.3 is 0 Å². The van der Waals surface area contributed by atoms with Crippen LogP contribution in [0, 0.1) is 95.0 Å². The number of halogens is 1. The van der Waals surface area contributed by atoms with E-state index in [9.17, 15) is 48.5 Å². The maximum absolute atomic E-state index is 11.7. The fourth-order valence-electron chi connectivity index (χ4n) is 9.21. The molecule has 0 bridgehead atoms. The number of para-hydroxylation sites is 1. The molecule has 0 radical (unpaired) electrons. The minimum atomic E-state index is -0.472. The molecule has 0 aromatic heterocycles. The van der Waals surface area contributed by atoms with E-state index in [-0.39, 0.29) is 97.3 Å². The van der Waals surface area contributed by atoms with Gasteiger partial charge in [-0.2, -0.15) is 0 Å². The summed E-state index contributed by atoms with van der Waals surface area (Å²) in [6.45, 7) is 58.0. The number of rotatable bonds is 17. The highest BCUT2D eigenvalue weighted by atomic mass is 35.5. The summed E-state index contributed by atoms with van der Waals surface area (Å²) in [5, 5.41) is 11.4. The van der Waals surface area contributed by atoms with Gasteiger partial charge in [0.15, 0.2) is 46.3 Å². The van der Waals surface area contributed by atoms with Crippen molar-refractivity contribution in [1.82, 2.24) is 0 Å². The number of nitrogens with zero attached hydrogens (tertiary/aromatic N) is 1. The zero-order valence-electron chi connectivity index (χ0n) is 78.6. The monoisotopic (exact) mass is 1680 g/mol. The quantitative estimate of drug-likeness (QED) is 0.0484. The number of carbonyl (C=O) groups excluding carboxylic acids is 8. The molecule has 12 heteroatoms. The summed E-state index contributed by atoms with van der Waals surface area (Å²) >= 11 is 5.96. The molecule has 0 aliphatic rings. The topological polar surface area (TPSA) is 180 Å². The molecular weight excluding hydrogens is 1540 g/mol. The van der Waals surface area contributed by atoms with Gasteiger partial charge in [0.05, 0.1) is 10.5 Å². The zero-order valence-corrected chi connectivity index (χ0v) is 79.4. The van der Waals surface area contributed by atoms with Crippen LogP contribution in [0.15, 0.2) is 243 Å². The van der Waals surface area contributed by atoms with E-state index >= 15 is 0 Å². The van der Waals surface area contributed by atoms with Gasteiger partial charge in [0.25, 0.3) is 5.69 Å². The molecule has 0 aliphatic carbocycles. The summed E-state index contributed by atoms with van der Waals surface area (Å²) < 4.78 is 0. The molecule has 0 saturated carbocycles. The number of hydrogen-bond acceptors (Lipinski definition) is 10. The minimum Gasteiger partial charge on any atom is -0.294 e. The van der Waals surface area contributed by atoms with E-state index in [2.05, 4.69) is 18.2 Å². The Hall–Kier alpha value is -11.3. The normalized spacial score (nSPS) is 11.9. The van der Waals surface area contributed by atoms with Crippen LogP contribution < -0.4 is 0 Å². The van der Waals surface area contributed by atoms with Crippen LogP contribution in [0.2, 0.25) is 5.02 Å². The fourth-order valence-corrected chi connectivity index (χ4v) is 9.41. The second-order valence-electron chi connectivity index (χ2n) is 38.3. The molecule has 658 valence electrons. The average Bonchev–Trinajstić information content (AvgIpc) is 0.856. The molecule has 8 aromatic rings. The smallest absolute Gasteiger partial charge is 0.276 e. The lowest BCUT2D eigenvalue weighted by Gasteiger charge is -2.13. The molecule has 0 heterocycles. The molecule has 123 heavy (non-hydrogen) atoms. The largest absolute Gasteiger partial charge is 0.294 e. The van der Waals surface area contributed by atoms with Crippen LogP contribution in [0.25, 0.3) is 48.6 Å². The molecule has 8 aromatic carbocycles. The maximum Gasteiger partial charge on any atom is 0.276 e. The Bertz CT molecular complexity index is 4670. The first-order valence-electron chi connectivity index (χ1n) is 41.3. The van der Waals surface area contributed by atoms with E-state index in [1.54, 1.807) is 87.6 Å². The SMILES string of the molecule is C.CC(C)(C)C(=O)C=Cc1ccccc1Cl.CC(C)(C)C(=O)C=Cc1ccccc1[N+](=O)[O-].Cc1ccc(C=CC(=O)C(C)(C)C)cc1.Cc1ccc(C=CC(=O)C(C)(C)C)cc1.Cc1cccc(C=CC(=O)C(C)(C)C)c1.Cc1cccc(C=CC(=O)C(C)(C)C)c1.Cc1cccc(C=CC(=O)C(C)(C)C)c1.Cc1ccccc1C=CC(=O)C(C)(C)C. The average molecular weight is 1690 g/mol. The van der Waals surface area contributed by atoms with Crippen LogP contribution in [0.5, 0.6) is 0 Å².